The van der Waals surface area contributed by atoms with Crippen LogP contribution < -0.4 is 15.4 Å². The number of carbonyl (C=O) groups excluding carboxylic acids is 1. The number of nitrogens with zero attached hydrogens (tertiary/aromatic N) is 2. The summed E-state index contributed by atoms with van der Waals surface area (Å²) in [5, 5.41) is 14.9. The lowest BCUT2D eigenvalue weighted by Crippen LogP contribution is -2.18. The predicted molar refractivity (Wildman–Crippen MR) is 81.7 cm³/mol. The number of benzene rings is 1. The minimum absolute atomic E-state index is 0.336. The monoisotopic (exact) mass is 294 g/mol. The summed E-state index contributed by atoms with van der Waals surface area (Å²) in [4.78, 5) is 15.9. The number of hydrogen-bond acceptors (Lipinski definition) is 5. The standard InChI is InChI=1S/C16H14N4O2/c17-9-11-10-18-15(8-14(11)19-12-6-7-12)20-16(21)22-13-4-2-1-3-5-13/h1-5,8,10,12H,6-7H2,(H2,18,19,20,21). The van der Waals surface area contributed by atoms with Gasteiger partial charge in [0.15, 0.2) is 0 Å². The second-order valence-corrected chi connectivity index (χ2v) is 4.97. The first kappa shape index (κ1) is 13.9. The van der Waals surface area contributed by atoms with Crippen molar-refractivity contribution >= 4 is 17.6 Å². The number of carbonyl (C=O) groups is 1. The van der Waals surface area contributed by atoms with Crippen molar-refractivity contribution in [1.29, 1.82) is 5.26 Å². The lowest BCUT2D eigenvalue weighted by atomic mass is 10.2. The van der Waals surface area contributed by atoms with Crippen LogP contribution >= 0.6 is 0 Å². The van der Waals surface area contributed by atoms with Crippen LogP contribution in [0.15, 0.2) is 42.6 Å². The fourth-order valence-corrected chi connectivity index (χ4v) is 1.91. The highest BCUT2D eigenvalue weighted by Crippen LogP contribution is 2.27. The van der Waals surface area contributed by atoms with Crippen molar-refractivity contribution < 1.29 is 9.53 Å². The van der Waals surface area contributed by atoms with Crippen molar-refractivity contribution in [2.75, 3.05) is 10.6 Å². The predicted octanol–water partition coefficient (Wildman–Crippen LogP) is 3.14. The number of ether oxygens (including phenoxy) is 1. The van der Waals surface area contributed by atoms with Crippen molar-refractivity contribution in [1.82, 2.24) is 4.98 Å². The Kier molecular flexibility index (Phi) is 3.88. The Morgan fingerprint density at radius 3 is 2.77 bits per heavy atom. The van der Waals surface area contributed by atoms with Gasteiger partial charge >= 0.3 is 6.09 Å². The average Bonchev–Trinajstić information content (AvgIpc) is 3.32. The molecule has 0 atom stereocenters. The van der Waals surface area contributed by atoms with Crippen LogP contribution in [0.5, 0.6) is 5.75 Å². The van der Waals surface area contributed by atoms with E-state index in [9.17, 15) is 4.79 Å². The molecule has 1 aliphatic carbocycles. The van der Waals surface area contributed by atoms with Gasteiger partial charge in [-0.2, -0.15) is 5.26 Å². The first-order valence-corrected chi connectivity index (χ1v) is 6.95. The van der Waals surface area contributed by atoms with Crippen molar-refractivity contribution in [2.45, 2.75) is 18.9 Å². The number of amides is 1. The lowest BCUT2D eigenvalue weighted by molar-refractivity contribution is 0.215. The number of para-hydroxylation sites is 1. The first-order valence-electron chi connectivity index (χ1n) is 6.95. The van der Waals surface area contributed by atoms with Crippen LogP contribution in [0.4, 0.5) is 16.3 Å². The van der Waals surface area contributed by atoms with E-state index in [1.54, 1.807) is 30.3 Å². The van der Waals surface area contributed by atoms with Crippen molar-refractivity contribution in [3.8, 4) is 11.8 Å². The fourth-order valence-electron chi connectivity index (χ4n) is 1.91. The maximum Gasteiger partial charge on any atom is 0.418 e. The summed E-state index contributed by atoms with van der Waals surface area (Å²) in [6, 6.07) is 12.9. The van der Waals surface area contributed by atoms with Gasteiger partial charge in [0.05, 0.1) is 11.3 Å². The highest BCUT2D eigenvalue weighted by molar-refractivity contribution is 5.86. The fraction of sp³-hybridized carbons (Fsp3) is 0.188. The number of nitriles is 1. The number of hydrogen-bond donors (Lipinski definition) is 2. The average molecular weight is 294 g/mol. The summed E-state index contributed by atoms with van der Waals surface area (Å²) in [5.41, 5.74) is 1.13. The normalized spacial score (nSPS) is 13.0. The smallest absolute Gasteiger partial charge is 0.410 e. The zero-order valence-corrected chi connectivity index (χ0v) is 11.7. The molecule has 1 fully saturated rings. The number of pyridine rings is 1. The van der Waals surface area contributed by atoms with Crippen molar-refractivity contribution in [3.05, 3.63) is 48.2 Å². The van der Waals surface area contributed by atoms with E-state index in [1.807, 2.05) is 6.07 Å². The van der Waals surface area contributed by atoms with E-state index in [-0.39, 0.29) is 0 Å². The zero-order chi connectivity index (χ0) is 15.4. The molecule has 0 saturated heterocycles. The summed E-state index contributed by atoms with van der Waals surface area (Å²) >= 11 is 0. The van der Waals surface area contributed by atoms with Crippen LogP contribution in [0.2, 0.25) is 0 Å². The third-order valence-electron chi connectivity index (χ3n) is 3.15. The maximum absolute atomic E-state index is 11.8. The minimum atomic E-state index is -0.624. The number of nitrogens with one attached hydrogen (secondary N) is 2. The molecule has 0 radical (unpaired) electrons. The highest BCUT2D eigenvalue weighted by Gasteiger charge is 2.22. The van der Waals surface area contributed by atoms with Gasteiger partial charge in [-0.1, -0.05) is 18.2 Å². The van der Waals surface area contributed by atoms with E-state index < -0.39 is 6.09 Å². The molecule has 22 heavy (non-hydrogen) atoms. The Balaban J connectivity index is 1.69. The van der Waals surface area contributed by atoms with E-state index in [4.69, 9.17) is 10.00 Å². The van der Waals surface area contributed by atoms with Crippen LogP contribution in [0.25, 0.3) is 0 Å². The molecule has 110 valence electrons. The molecule has 3 rings (SSSR count). The van der Waals surface area contributed by atoms with Crippen LogP contribution in [0, 0.1) is 11.3 Å². The summed E-state index contributed by atoms with van der Waals surface area (Å²) in [6.45, 7) is 0. The van der Waals surface area contributed by atoms with E-state index in [2.05, 4.69) is 21.7 Å². The van der Waals surface area contributed by atoms with E-state index in [1.165, 1.54) is 6.20 Å². The molecule has 6 nitrogen and oxygen atoms in total. The second kappa shape index (κ2) is 6.14. The molecule has 6 heteroatoms. The van der Waals surface area contributed by atoms with Crippen LogP contribution in [-0.4, -0.2) is 17.1 Å². The summed E-state index contributed by atoms with van der Waals surface area (Å²) in [5.74, 6) is 0.785. The van der Waals surface area contributed by atoms with Crippen molar-refractivity contribution in [3.63, 3.8) is 0 Å². The molecule has 1 amide bonds. The van der Waals surface area contributed by atoms with Crippen LogP contribution in [0.1, 0.15) is 18.4 Å². The Morgan fingerprint density at radius 2 is 2.09 bits per heavy atom. The third kappa shape index (κ3) is 3.52. The Hall–Kier alpha value is -3.07. The molecule has 1 aromatic carbocycles. The summed E-state index contributed by atoms with van der Waals surface area (Å²) in [6.07, 6.45) is 2.99. The number of rotatable bonds is 4. The van der Waals surface area contributed by atoms with Gasteiger partial charge in [-0.15, -0.1) is 0 Å². The second-order valence-electron chi connectivity index (χ2n) is 4.97. The van der Waals surface area contributed by atoms with Gasteiger partial charge < -0.3 is 10.1 Å². The molecule has 0 unspecified atom stereocenters. The van der Waals surface area contributed by atoms with Gasteiger partial charge in [0.2, 0.25) is 0 Å². The Morgan fingerprint density at radius 1 is 1.32 bits per heavy atom. The molecule has 0 bridgehead atoms. The van der Waals surface area contributed by atoms with E-state index in [0.29, 0.717) is 28.9 Å². The molecular weight excluding hydrogens is 280 g/mol. The van der Waals surface area contributed by atoms with Gasteiger partial charge in [-0.3, -0.25) is 5.32 Å². The molecule has 1 aromatic heterocycles. The molecular formula is C16H14N4O2. The third-order valence-corrected chi connectivity index (χ3v) is 3.15. The molecule has 2 aromatic rings. The van der Waals surface area contributed by atoms with Crippen molar-refractivity contribution in [2.24, 2.45) is 0 Å². The SMILES string of the molecule is N#Cc1cnc(NC(=O)Oc2ccccc2)cc1NC1CC1. The van der Waals surface area contributed by atoms with Gasteiger partial charge in [0.25, 0.3) is 0 Å². The topological polar surface area (TPSA) is 87.0 Å². The quantitative estimate of drug-likeness (QED) is 0.904. The van der Waals surface area contributed by atoms with Crippen LogP contribution in [0.3, 0.4) is 0 Å². The number of anilines is 2. The molecule has 0 aliphatic heterocycles. The lowest BCUT2D eigenvalue weighted by Gasteiger charge is -2.10. The highest BCUT2D eigenvalue weighted by atomic mass is 16.6. The largest absolute Gasteiger partial charge is 0.418 e. The van der Waals surface area contributed by atoms with Gasteiger partial charge in [0.1, 0.15) is 17.6 Å². The summed E-state index contributed by atoms with van der Waals surface area (Å²) < 4.78 is 5.13. The number of aromatic nitrogens is 1. The Labute approximate surface area is 127 Å². The molecule has 1 saturated carbocycles. The Bertz CT molecular complexity index is 721. The molecule has 2 N–H and O–H groups in total. The minimum Gasteiger partial charge on any atom is -0.410 e. The van der Waals surface area contributed by atoms with Gasteiger partial charge in [-0.05, 0) is 25.0 Å². The van der Waals surface area contributed by atoms with E-state index >= 15 is 0 Å². The maximum atomic E-state index is 11.8. The molecule has 1 heterocycles. The zero-order valence-electron chi connectivity index (χ0n) is 11.7. The molecule has 1 aliphatic rings. The summed E-state index contributed by atoms with van der Waals surface area (Å²) in [7, 11) is 0. The molecule has 0 spiro atoms. The van der Waals surface area contributed by atoms with Gasteiger partial charge in [0, 0.05) is 18.3 Å². The van der Waals surface area contributed by atoms with Gasteiger partial charge in [-0.25, -0.2) is 9.78 Å². The van der Waals surface area contributed by atoms with Crippen LogP contribution in [-0.2, 0) is 0 Å². The first-order chi connectivity index (χ1) is 10.7. The van der Waals surface area contributed by atoms with E-state index in [0.717, 1.165) is 12.8 Å².